The summed E-state index contributed by atoms with van der Waals surface area (Å²) in [6, 6.07) is 0. The maximum absolute atomic E-state index is 12.2. The van der Waals surface area contributed by atoms with Gasteiger partial charge in [0.05, 0.1) is 0 Å². The van der Waals surface area contributed by atoms with Crippen molar-refractivity contribution >= 4 is 12.0 Å². The van der Waals surface area contributed by atoms with Gasteiger partial charge in [0.25, 0.3) is 0 Å². The van der Waals surface area contributed by atoms with Crippen molar-refractivity contribution in [1.82, 2.24) is 10.2 Å². The van der Waals surface area contributed by atoms with Crippen molar-refractivity contribution in [1.29, 1.82) is 0 Å². The predicted molar refractivity (Wildman–Crippen MR) is 80.8 cm³/mol. The Bertz CT molecular complexity index is 410. The number of carbonyl (C=O) groups is 2. The van der Waals surface area contributed by atoms with Gasteiger partial charge in [-0.25, -0.2) is 4.79 Å². The Morgan fingerprint density at radius 3 is 2.29 bits per heavy atom. The van der Waals surface area contributed by atoms with Crippen LogP contribution in [0.5, 0.6) is 0 Å². The third-order valence-corrected chi connectivity index (χ3v) is 3.98. The maximum atomic E-state index is 12.2. The van der Waals surface area contributed by atoms with E-state index in [2.05, 4.69) is 17.5 Å². The molecule has 5 heteroatoms. The molecule has 2 unspecified atom stereocenters. The van der Waals surface area contributed by atoms with E-state index in [1.54, 1.807) is 0 Å². The summed E-state index contributed by atoms with van der Waals surface area (Å²) in [4.78, 5) is 25.6. The van der Waals surface area contributed by atoms with Gasteiger partial charge in [-0.1, -0.05) is 12.2 Å². The van der Waals surface area contributed by atoms with Crippen molar-refractivity contribution in [2.45, 2.75) is 45.6 Å². The smallest absolute Gasteiger partial charge is 0.407 e. The lowest BCUT2D eigenvalue weighted by Crippen LogP contribution is -2.36. The molecule has 2 atom stereocenters. The molecule has 0 aromatic rings. The van der Waals surface area contributed by atoms with Crippen LogP contribution < -0.4 is 5.32 Å². The number of fused-ring (bicyclic) bond motifs is 1. The number of nitrogens with zero attached hydrogens (tertiary/aromatic N) is 1. The fraction of sp³-hybridized carbons (Fsp3) is 0.750. The van der Waals surface area contributed by atoms with Crippen LogP contribution in [0.15, 0.2) is 12.2 Å². The highest BCUT2D eigenvalue weighted by molar-refractivity contribution is 5.77. The molecule has 1 saturated heterocycles. The highest BCUT2D eigenvalue weighted by Crippen LogP contribution is 2.32. The molecule has 21 heavy (non-hydrogen) atoms. The number of allylic oxidation sites excluding steroid dienone is 2. The van der Waals surface area contributed by atoms with Gasteiger partial charge in [-0.05, 0) is 45.4 Å². The first-order valence-corrected chi connectivity index (χ1v) is 7.75. The van der Waals surface area contributed by atoms with Crippen molar-refractivity contribution in [3.63, 3.8) is 0 Å². The Morgan fingerprint density at radius 1 is 1.19 bits per heavy atom. The molecule has 1 fully saturated rings. The molecule has 0 radical (unpaired) electrons. The minimum absolute atomic E-state index is 0.125. The van der Waals surface area contributed by atoms with Crippen LogP contribution >= 0.6 is 0 Å². The highest BCUT2D eigenvalue weighted by atomic mass is 16.6. The monoisotopic (exact) mass is 294 g/mol. The Hall–Kier alpha value is -1.52. The van der Waals surface area contributed by atoms with Gasteiger partial charge in [-0.15, -0.1) is 0 Å². The zero-order chi connectivity index (χ0) is 15.5. The van der Waals surface area contributed by atoms with E-state index in [9.17, 15) is 9.59 Å². The fourth-order valence-corrected chi connectivity index (χ4v) is 2.96. The lowest BCUT2D eigenvalue weighted by molar-refractivity contribution is -0.130. The molecule has 2 amide bonds. The molecule has 2 rings (SSSR count). The normalized spacial score (nSPS) is 24.6. The van der Waals surface area contributed by atoms with E-state index in [1.165, 1.54) is 0 Å². The van der Waals surface area contributed by atoms with Gasteiger partial charge >= 0.3 is 6.09 Å². The summed E-state index contributed by atoms with van der Waals surface area (Å²) in [7, 11) is 0. The van der Waals surface area contributed by atoms with Crippen molar-refractivity contribution < 1.29 is 14.3 Å². The van der Waals surface area contributed by atoms with Crippen LogP contribution in [0.2, 0.25) is 0 Å². The molecule has 0 spiro atoms. The van der Waals surface area contributed by atoms with Gasteiger partial charge < -0.3 is 15.0 Å². The van der Waals surface area contributed by atoms with E-state index >= 15 is 0 Å². The number of rotatable bonds is 3. The number of hydrogen-bond donors (Lipinski definition) is 1. The average molecular weight is 294 g/mol. The molecule has 1 N–H and O–H groups in total. The van der Waals surface area contributed by atoms with Crippen LogP contribution in [0.25, 0.3) is 0 Å². The second-order valence-corrected chi connectivity index (χ2v) is 6.94. The van der Waals surface area contributed by atoms with E-state index in [4.69, 9.17) is 4.74 Å². The van der Waals surface area contributed by atoms with Crippen molar-refractivity contribution in [3.8, 4) is 0 Å². The molecule has 1 aliphatic carbocycles. The number of alkyl carbamates (subject to hydrolysis) is 1. The zero-order valence-electron chi connectivity index (χ0n) is 13.2. The summed E-state index contributed by atoms with van der Waals surface area (Å²) < 4.78 is 5.14. The van der Waals surface area contributed by atoms with Gasteiger partial charge in [-0.2, -0.15) is 0 Å². The second kappa shape index (κ2) is 6.50. The summed E-state index contributed by atoms with van der Waals surface area (Å²) in [6.45, 7) is 7.51. The summed E-state index contributed by atoms with van der Waals surface area (Å²) in [5, 5.41) is 2.64. The Morgan fingerprint density at radius 2 is 1.76 bits per heavy atom. The van der Waals surface area contributed by atoms with Crippen LogP contribution in [0.3, 0.4) is 0 Å². The van der Waals surface area contributed by atoms with E-state index in [0.717, 1.165) is 25.9 Å². The number of hydrogen-bond acceptors (Lipinski definition) is 3. The SMILES string of the molecule is CC(C)(C)OC(=O)NCCC(=O)N1CC2CC=CCC2C1. The molecule has 0 saturated carbocycles. The second-order valence-electron chi connectivity index (χ2n) is 6.94. The number of ether oxygens (including phenoxy) is 1. The Balaban J connectivity index is 1.68. The van der Waals surface area contributed by atoms with Gasteiger partial charge in [-0.3, -0.25) is 4.79 Å². The number of likely N-dealkylation sites (tertiary alicyclic amines) is 1. The zero-order valence-corrected chi connectivity index (χ0v) is 13.2. The van der Waals surface area contributed by atoms with Gasteiger partial charge in [0, 0.05) is 26.1 Å². The molecule has 1 heterocycles. The van der Waals surface area contributed by atoms with Gasteiger partial charge in [0.1, 0.15) is 5.60 Å². The molecule has 2 aliphatic rings. The third kappa shape index (κ3) is 4.76. The Kier molecular flexibility index (Phi) is 4.91. The first-order chi connectivity index (χ1) is 9.85. The molecule has 0 aromatic carbocycles. The molecule has 118 valence electrons. The minimum atomic E-state index is -0.508. The third-order valence-electron chi connectivity index (χ3n) is 3.98. The van der Waals surface area contributed by atoms with Crippen LogP contribution in [-0.2, 0) is 9.53 Å². The number of nitrogens with one attached hydrogen (secondary N) is 1. The quantitative estimate of drug-likeness (QED) is 0.813. The van der Waals surface area contributed by atoms with Crippen LogP contribution in [0, 0.1) is 11.8 Å². The lowest BCUT2D eigenvalue weighted by Gasteiger charge is -2.20. The highest BCUT2D eigenvalue weighted by Gasteiger charge is 2.34. The fourth-order valence-electron chi connectivity index (χ4n) is 2.96. The van der Waals surface area contributed by atoms with Crippen LogP contribution in [0.1, 0.15) is 40.0 Å². The molecule has 1 aliphatic heterocycles. The van der Waals surface area contributed by atoms with E-state index in [-0.39, 0.29) is 5.91 Å². The van der Waals surface area contributed by atoms with Gasteiger partial charge in [0.2, 0.25) is 5.91 Å². The largest absolute Gasteiger partial charge is 0.444 e. The lowest BCUT2D eigenvalue weighted by atomic mass is 9.86. The summed E-state index contributed by atoms with van der Waals surface area (Å²) >= 11 is 0. The number of amides is 2. The van der Waals surface area contributed by atoms with Crippen molar-refractivity contribution in [2.24, 2.45) is 11.8 Å². The van der Waals surface area contributed by atoms with E-state index < -0.39 is 11.7 Å². The van der Waals surface area contributed by atoms with E-state index in [1.807, 2.05) is 25.7 Å². The van der Waals surface area contributed by atoms with Crippen LogP contribution in [-0.4, -0.2) is 42.1 Å². The minimum Gasteiger partial charge on any atom is -0.444 e. The maximum Gasteiger partial charge on any atom is 0.407 e. The van der Waals surface area contributed by atoms with Crippen molar-refractivity contribution in [3.05, 3.63) is 12.2 Å². The van der Waals surface area contributed by atoms with E-state index in [0.29, 0.717) is 24.8 Å². The average Bonchev–Trinajstić information content (AvgIpc) is 2.80. The predicted octanol–water partition coefficient (Wildman–Crippen LogP) is 2.33. The van der Waals surface area contributed by atoms with Crippen molar-refractivity contribution in [2.75, 3.05) is 19.6 Å². The molecule has 5 nitrogen and oxygen atoms in total. The summed E-state index contributed by atoms with van der Waals surface area (Å²) in [6.07, 6.45) is 6.49. The standard InChI is InChI=1S/C16H26N2O3/c1-16(2,3)21-15(20)17-9-8-14(19)18-10-12-6-4-5-7-13(12)11-18/h4-5,12-13H,6-11H2,1-3H3,(H,17,20). The van der Waals surface area contributed by atoms with Crippen LogP contribution in [0.4, 0.5) is 4.79 Å². The summed E-state index contributed by atoms with van der Waals surface area (Å²) in [5.74, 6) is 1.37. The van der Waals surface area contributed by atoms with Gasteiger partial charge in [0.15, 0.2) is 0 Å². The topological polar surface area (TPSA) is 58.6 Å². The first kappa shape index (κ1) is 15.9. The molecular weight excluding hydrogens is 268 g/mol. The summed E-state index contributed by atoms with van der Waals surface area (Å²) in [5.41, 5.74) is -0.508. The molecule has 0 aromatic heterocycles. The molecule has 0 bridgehead atoms. The Labute approximate surface area is 126 Å². The first-order valence-electron chi connectivity index (χ1n) is 7.75. The number of carbonyl (C=O) groups excluding carboxylic acids is 2. The molecular formula is C16H26N2O3.